The van der Waals surface area contributed by atoms with Crippen LogP contribution in [-0.4, -0.2) is 39.1 Å². The van der Waals surface area contributed by atoms with E-state index in [0.29, 0.717) is 6.42 Å². The first-order valence-corrected chi connectivity index (χ1v) is 12.6. The van der Waals surface area contributed by atoms with Crippen LogP contribution in [-0.2, 0) is 23.0 Å². The van der Waals surface area contributed by atoms with E-state index < -0.39 is 17.9 Å². The van der Waals surface area contributed by atoms with Gasteiger partial charge in [0.2, 0.25) is 0 Å². The van der Waals surface area contributed by atoms with E-state index in [9.17, 15) is 9.59 Å². The van der Waals surface area contributed by atoms with E-state index >= 15 is 0 Å². The molecule has 0 spiro atoms. The maximum atomic E-state index is 13.6. The molecule has 5 rings (SSSR count). The van der Waals surface area contributed by atoms with Crippen molar-refractivity contribution in [2.24, 2.45) is 7.05 Å². The van der Waals surface area contributed by atoms with Crippen LogP contribution in [0.4, 0.5) is 0 Å². The van der Waals surface area contributed by atoms with Crippen LogP contribution in [0.25, 0.3) is 32.0 Å². The van der Waals surface area contributed by atoms with E-state index in [0.717, 1.165) is 37.6 Å². The number of benzene rings is 2. The Morgan fingerprint density at radius 3 is 2.61 bits per heavy atom. The summed E-state index contributed by atoms with van der Waals surface area (Å²) in [5.41, 5.74) is 3.99. The Labute approximate surface area is 212 Å². The molecule has 0 saturated carbocycles. The summed E-state index contributed by atoms with van der Waals surface area (Å²) in [5.74, 6) is -0.891. The first-order valence-electron chi connectivity index (χ1n) is 11.8. The summed E-state index contributed by atoms with van der Waals surface area (Å²) in [6, 6.07) is 20.6. The highest BCUT2D eigenvalue weighted by atomic mass is 32.1. The summed E-state index contributed by atoms with van der Waals surface area (Å²) in [7, 11) is 1.93. The van der Waals surface area contributed by atoms with Crippen LogP contribution in [0.2, 0.25) is 0 Å². The van der Waals surface area contributed by atoms with Gasteiger partial charge in [0.15, 0.2) is 0 Å². The van der Waals surface area contributed by atoms with Crippen LogP contribution in [0.5, 0.6) is 0 Å². The van der Waals surface area contributed by atoms with Gasteiger partial charge in [0, 0.05) is 42.3 Å². The van der Waals surface area contributed by atoms with Gasteiger partial charge in [0.05, 0.1) is 17.2 Å². The van der Waals surface area contributed by atoms with Crippen molar-refractivity contribution in [2.75, 3.05) is 6.61 Å². The Morgan fingerprint density at radius 2 is 1.86 bits per heavy atom. The average Bonchev–Trinajstić information content (AvgIpc) is 3.62. The molecule has 0 unspecified atom stereocenters. The van der Waals surface area contributed by atoms with Crippen molar-refractivity contribution >= 4 is 34.1 Å². The second-order valence-electron chi connectivity index (χ2n) is 8.41. The Bertz CT molecular complexity index is 1520. The van der Waals surface area contributed by atoms with Crippen molar-refractivity contribution in [1.29, 1.82) is 0 Å². The summed E-state index contributed by atoms with van der Waals surface area (Å²) in [6.45, 7) is 1.98. The zero-order valence-corrected chi connectivity index (χ0v) is 20.8. The van der Waals surface area contributed by atoms with E-state index in [4.69, 9.17) is 9.72 Å². The molecule has 1 atom stereocenters. The minimum Gasteiger partial charge on any atom is -0.464 e. The van der Waals surface area contributed by atoms with Gasteiger partial charge in [0.1, 0.15) is 16.7 Å². The number of rotatable bonds is 8. The molecule has 0 saturated heterocycles. The van der Waals surface area contributed by atoms with Crippen molar-refractivity contribution in [2.45, 2.75) is 19.4 Å². The predicted octanol–water partition coefficient (Wildman–Crippen LogP) is 5.20. The van der Waals surface area contributed by atoms with Crippen LogP contribution in [0.1, 0.15) is 23.0 Å². The number of hydrogen-bond acceptors (Lipinski definition) is 5. The Hall–Kier alpha value is -4.17. The molecule has 3 aromatic heterocycles. The van der Waals surface area contributed by atoms with Gasteiger partial charge in [0.25, 0.3) is 5.91 Å². The van der Waals surface area contributed by atoms with Gasteiger partial charge in [-0.25, -0.2) is 9.78 Å². The number of aromatic amines is 1. The predicted molar refractivity (Wildman–Crippen MR) is 142 cm³/mol. The number of amides is 1. The van der Waals surface area contributed by atoms with Gasteiger partial charge in [-0.15, -0.1) is 11.3 Å². The number of para-hydroxylation sites is 1. The molecule has 0 fully saturated rings. The van der Waals surface area contributed by atoms with Gasteiger partial charge in [-0.1, -0.05) is 48.5 Å². The maximum absolute atomic E-state index is 13.6. The molecule has 3 heterocycles. The third-order valence-corrected chi connectivity index (χ3v) is 7.14. The number of aromatic nitrogens is 3. The van der Waals surface area contributed by atoms with Crippen molar-refractivity contribution in [3.8, 4) is 21.1 Å². The second-order valence-corrected chi connectivity index (χ2v) is 9.41. The molecule has 2 N–H and O–H groups in total. The quantitative estimate of drug-likeness (QED) is 0.288. The standard InChI is InChI=1S/C28H26N4O3S/c1-3-35-28(34)22(16-19-17-29-21-13-8-7-12-20(19)21)30-26(33)24-25(23-14-9-15-32(23)2)36-27(31-24)18-10-5-4-6-11-18/h4-15,17,22,29H,3,16H2,1-2H3,(H,30,33)/t22-/m0/s1. The highest BCUT2D eigenvalue weighted by Crippen LogP contribution is 2.35. The van der Waals surface area contributed by atoms with Crippen LogP contribution in [0, 0.1) is 0 Å². The van der Waals surface area contributed by atoms with E-state index in [2.05, 4.69) is 10.3 Å². The lowest BCUT2D eigenvalue weighted by Gasteiger charge is -2.17. The number of carbonyl (C=O) groups is 2. The minimum absolute atomic E-state index is 0.225. The molecule has 0 aliphatic heterocycles. The van der Waals surface area contributed by atoms with Gasteiger partial charge in [-0.05, 0) is 30.7 Å². The Balaban J connectivity index is 1.49. The van der Waals surface area contributed by atoms with Gasteiger partial charge >= 0.3 is 5.97 Å². The third kappa shape index (κ3) is 4.67. The summed E-state index contributed by atoms with van der Waals surface area (Å²) < 4.78 is 7.26. The highest BCUT2D eigenvalue weighted by Gasteiger charge is 2.28. The van der Waals surface area contributed by atoms with Crippen molar-refractivity contribution in [3.63, 3.8) is 0 Å². The zero-order valence-electron chi connectivity index (χ0n) is 20.0. The lowest BCUT2D eigenvalue weighted by molar-refractivity contribution is -0.145. The highest BCUT2D eigenvalue weighted by molar-refractivity contribution is 7.18. The smallest absolute Gasteiger partial charge is 0.328 e. The van der Waals surface area contributed by atoms with Crippen LogP contribution < -0.4 is 5.32 Å². The van der Waals surface area contributed by atoms with E-state index in [1.54, 1.807) is 6.92 Å². The number of thiazole rings is 1. The molecule has 36 heavy (non-hydrogen) atoms. The normalized spacial score (nSPS) is 11.9. The monoisotopic (exact) mass is 498 g/mol. The van der Waals surface area contributed by atoms with Gasteiger partial charge in [-0.2, -0.15) is 0 Å². The number of H-pyrrole nitrogens is 1. The largest absolute Gasteiger partial charge is 0.464 e. The maximum Gasteiger partial charge on any atom is 0.328 e. The molecule has 0 aliphatic carbocycles. The summed E-state index contributed by atoms with van der Waals surface area (Å²) in [4.78, 5) is 35.2. The summed E-state index contributed by atoms with van der Waals surface area (Å²) >= 11 is 1.45. The molecule has 0 aliphatic rings. The van der Waals surface area contributed by atoms with E-state index in [1.807, 2.05) is 90.7 Å². The Kier molecular flexibility index (Phi) is 6.69. The number of hydrogen-bond donors (Lipinski definition) is 2. The first-order chi connectivity index (χ1) is 17.5. The SMILES string of the molecule is CCOC(=O)[C@H](Cc1c[nH]c2ccccc12)NC(=O)c1nc(-c2ccccc2)sc1-c1cccn1C. The van der Waals surface area contributed by atoms with Crippen molar-refractivity contribution in [1.82, 2.24) is 19.9 Å². The molecular weight excluding hydrogens is 472 g/mol. The summed E-state index contributed by atoms with van der Waals surface area (Å²) in [5, 5.41) is 4.66. The number of nitrogens with one attached hydrogen (secondary N) is 2. The molecule has 8 heteroatoms. The number of nitrogens with zero attached hydrogens (tertiary/aromatic N) is 2. The van der Waals surface area contributed by atoms with Gasteiger partial charge < -0.3 is 19.6 Å². The Morgan fingerprint density at radius 1 is 1.08 bits per heavy atom. The lowest BCUT2D eigenvalue weighted by Crippen LogP contribution is -2.43. The van der Waals surface area contributed by atoms with Crippen LogP contribution in [0.3, 0.4) is 0 Å². The lowest BCUT2D eigenvalue weighted by atomic mass is 10.0. The topological polar surface area (TPSA) is 89.0 Å². The fraction of sp³-hybridized carbons (Fsp3) is 0.179. The fourth-order valence-electron chi connectivity index (χ4n) is 4.23. The molecule has 5 aromatic rings. The zero-order chi connectivity index (χ0) is 25.1. The van der Waals surface area contributed by atoms with Crippen molar-refractivity contribution < 1.29 is 14.3 Å². The number of fused-ring (bicyclic) bond motifs is 1. The first kappa shape index (κ1) is 23.6. The second kappa shape index (κ2) is 10.2. The van der Waals surface area contributed by atoms with Crippen LogP contribution in [0.15, 0.2) is 79.1 Å². The molecule has 2 aromatic carbocycles. The minimum atomic E-state index is -0.861. The fourth-order valence-corrected chi connectivity index (χ4v) is 5.37. The molecule has 0 bridgehead atoms. The van der Waals surface area contributed by atoms with Crippen molar-refractivity contribution in [3.05, 3.63) is 90.4 Å². The molecule has 7 nitrogen and oxygen atoms in total. The molecular formula is C28H26N4O3S. The summed E-state index contributed by atoms with van der Waals surface area (Å²) in [6.07, 6.45) is 4.09. The molecule has 0 radical (unpaired) electrons. The molecule has 182 valence electrons. The van der Waals surface area contributed by atoms with E-state index in [-0.39, 0.29) is 12.3 Å². The van der Waals surface area contributed by atoms with E-state index in [1.165, 1.54) is 11.3 Å². The number of esters is 1. The average molecular weight is 499 g/mol. The number of aryl methyl sites for hydroxylation is 1. The van der Waals surface area contributed by atoms with Crippen LogP contribution >= 0.6 is 11.3 Å². The number of ether oxygens (including phenoxy) is 1. The number of carbonyl (C=O) groups excluding carboxylic acids is 2. The van der Waals surface area contributed by atoms with Gasteiger partial charge in [-0.3, -0.25) is 4.79 Å². The third-order valence-electron chi connectivity index (χ3n) is 6.01. The molecule has 1 amide bonds.